The maximum Gasteiger partial charge on any atom is 0.138 e. The molecule has 57 heavy (non-hydrogen) atoms. The summed E-state index contributed by atoms with van der Waals surface area (Å²) in [5, 5.41) is 9.76. The summed E-state index contributed by atoms with van der Waals surface area (Å²) in [4.78, 5) is 12.6. The van der Waals surface area contributed by atoms with Crippen LogP contribution < -0.4 is 0 Å². The number of benzene rings is 8. The van der Waals surface area contributed by atoms with E-state index in [1.165, 1.54) is 81.1 Å². The van der Waals surface area contributed by atoms with Crippen LogP contribution in [0.4, 0.5) is 0 Å². The van der Waals surface area contributed by atoms with Crippen LogP contribution in [0.1, 0.15) is 0 Å². The maximum atomic E-state index is 5.35. The highest BCUT2D eigenvalue weighted by atomic mass is 32.2. The lowest BCUT2D eigenvalue weighted by Gasteiger charge is -2.22. The van der Waals surface area contributed by atoms with E-state index in [4.69, 9.17) is 9.97 Å². The van der Waals surface area contributed by atoms with E-state index >= 15 is 0 Å². The van der Waals surface area contributed by atoms with Crippen molar-refractivity contribution in [3.63, 3.8) is 0 Å². The van der Waals surface area contributed by atoms with E-state index in [0.717, 1.165) is 38.7 Å². The quantitative estimate of drug-likeness (QED) is 0.169. The SMILES string of the molecule is c1ccc(-n2c3ccccc3c3cc(-c4ccc5c(c4)Sc4cc6c(c7cccc-5c47)c4ccccc4n6-c4ccc5ccc6cccnc6c5n4)ccc32)cc1. The van der Waals surface area contributed by atoms with Gasteiger partial charge >= 0.3 is 0 Å². The first-order valence-electron chi connectivity index (χ1n) is 19.3. The van der Waals surface area contributed by atoms with Crippen molar-refractivity contribution >= 4 is 88.0 Å². The number of nitrogens with zero attached hydrogens (tertiary/aromatic N) is 4. The molecule has 0 saturated carbocycles. The van der Waals surface area contributed by atoms with Crippen LogP contribution in [-0.4, -0.2) is 19.1 Å². The maximum absolute atomic E-state index is 5.35. The van der Waals surface area contributed by atoms with E-state index in [2.05, 4.69) is 179 Å². The molecule has 5 heterocycles. The number of aromatic nitrogens is 4. The molecular weight excluding hydrogens is 713 g/mol. The zero-order valence-corrected chi connectivity index (χ0v) is 31.3. The molecule has 0 N–H and O–H groups in total. The summed E-state index contributed by atoms with van der Waals surface area (Å²) < 4.78 is 4.73. The van der Waals surface area contributed by atoms with Crippen LogP contribution in [0.15, 0.2) is 192 Å². The Labute approximate surface area is 331 Å². The highest BCUT2D eigenvalue weighted by Gasteiger charge is 2.25. The molecule has 13 rings (SSSR count). The summed E-state index contributed by atoms with van der Waals surface area (Å²) in [6, 6.07) is 64.0. The minimum absolute atomic E-state index is 0.891. The van der Waals surface area contributed by atoms with Gasteiger partial charge < -0.3 is 4.57 Å². The third kappa shape index (κ3) is 4.40. The average Bonchev–Trinajstić information content (AvgIpc) is 3.79. The van der Waals surface area contributed by atoms with E-state index in [0.29, 0.717) is 0 Å². The summed E-state index contributed by atoms with van der Waals surface area (Å²) in [6.07, 6.45) is 1.86. The topological polar surface area (TPSA) is 35.6 Å². The van der Waals surface area contributed by atoms with Gasteiger partial charge in [0.15, 0.2) is 0 Å². The molecule has 0 amide bonds. The zero-order chi connectivity index (χ0) is 37.2. The Morgan fingerprint density at radius 2 is 1.12 bits per heavy atom. The van der Waals surface area contributed by atoms with E-state index in [9.17, 15) is 0 Å². The molecule has 0 spiro atoms. The van der Waals surface area contributed by atoms with Gasteiger partial charge in [-0.05, 0) is 94.4 Å². The van der Waals surface area contributed by atoms with Gasteiger partial charge in [0.05, 0.1) is 33.1 Å². The second-order valence-electron chi connectivity index (χ2n) is 15.0. The zero-order valence-electron chi connectivity index (χ0n) is 30.5. The van der Waals surface area contributed by atoms with Crippen molar-refractivity contribution in [1.29, 1.82) is 0 Å². The van der Waals surface area contributed by atoms with Crippen LogP contribution in [0.2, 0.25) is 0 Å². The monoisotopic (exact) mass is 742 g/mol. The Hall–Kier alpha value is -7.21. The molecule has 1 aliphatic heterocycles. The lowest BCUT2D eigenvalue weighted by Crippen LogP contribution is -1.99. The Morgan fingerprint density at radius 1 is 0.404 bits per heavy atom. The molecule has 0 atom stereocenters. The first-order chi connectivity index (χ1) is 28.3. The minimum Gasteiger partial charge on any atom is -0.309 e. The number of fused-ring (bicyclic) bond motifs is 12. The number of pyridine rings is 2. The van der Waals surface area contributed by atoms with Gasteiger partial charge in [0.1, 0.15) is 5.82 Å². The van der Waals surface area contributed by atoms with Crippen LogP contribution in [0, 0.1) is 0 Å². The summed E-state index contributed by atoms with van der Waals surface area (Å²) >= 11 is 1.88. The highest BCUT2D eigenvalue weighted by Crippen LogP contribution is 2.52. The van der Waals surface area contributed by atoms with Crippen LogP contribution in [0.3, 0.4) is 0 Å². The van der Waals surface area contributed by atoms with Gasteiger partial charge in [0.2, 0.25) is 0 Å². The van der Waals surface area contributed by atoms with E-state index in [1.54, 1.807) is 0 Å². The fourth-order valence-electron chi connectivity index (χ4n) is 9.43. The van der Waals surface area contributed by atoms with Gasteiger partial charge in [0.25, 0.3) is 0 Å². The van der Waals surface area contributed by atoms with Crippen LogP contribution in [0.25, 0.3) is 110 Å². The summed E-state index contributed by atoms with van der Waals surface area (Å²) in [5.74, 6) is 0.891. The van der Waals surface area contributed by atoms with Crippen molar-refractivity contribution in [1.82, 2.24) is 19.1 Å². The lowest BCUT2D eigenvalue weighted by molar-refractivity contribution is 1.10. The van der Waals surface area contributed by atoms with Gasteiger partial charge in [-0.2, -0.15) is 0 Å². The second-order valence-corrected chi connectivity index (χ2v) is 16.0. The van der Waals surface area contributed by atoms with Crippen LogP contribution >= 0.6 is 11.8 Å². The second kappa shape index (κ2) is 11.7. The van der Waals surface area contributed by atoms with Crippen molar-refractivity contribution in [2.75, 3.05) is 0 Å². The predicted molar refractivity (Wildman–Crippen MR) is 238 cm³/mol. The molecule has 4 nitrogen and oxygen atoms in total. The smallest absolute Gasteiger partial charge is 0.138 e. The Morgan fingerprint density at radius 3 is 2.02 bits per heavy atom. The Bertz CT molecular complexity index is 3670. The van der Waals surface area contributed by atoms with Gasteiger partial charge in [0, 0.05) is 59.4 Å². The molecule has 1 aliphatic rings. The summed E-state index contributed by atoms with van der Waals surface area (Å²) in [7, 11) is 0. The van der Waals surface area contributed by atoms with Crippen molar-refractivity contribution in [2.45, 2.75) is 9.79 Å². The molecule has 264 valence electrons. The fourth-order valence-corrected chi connectivity index (χ4v) is 10.6. The molecule has 0 unspecified atom stereocenters. The average molecular weight is 743 g/mol. The number of hydrogen-bond donors (Lipinski definition) is 0. The van der Waals surface area contributed by atoms with Crippen molar-refractivity contribution in [2.24, 2.45) is 0 Å². The van der Waals surface area contributed by atoms with Gasteiger partial charge in [-0.1, -0.05) is 121 Å². The highest BCUT2D eigenvalue weighted by molar-refractivity contribution is 7.99. The Balaban J connectivity index is 0.998. The van der Waals surface area contributed by atoms with Gasteiger partial charge in [-0.25, -0.2) is 4.98 Å². The Kier molecular flexibility index (Phi) is 6.35. The third-order valence-corrected chi connectivity index (χ3v) is 13.0. The van der Waals surface area contributed by atoms with E-state index < -0.39 is 0 Å². The van der Waals surface area contributed by atoms with Crippen molar-refractivity contribution in [3.8, 4) is 33.8 Å². The summed E-state index contributed by atoms with van der Waals surface area (Å²) in [6.45, 7) is 0. The molecule has 0 radical (unpaired) electrons. The molecule has 5 heteroatoms. The standard InChI is InChI=1S/C52H30N4S/c1-2-11-35(12-3-1)55-42-17-6-4-13-36(42)41-28-33(22-25-44(41)55)34-21-24-37-38-15-8-16-40-49-39-14-5-7-18-43(39)56(45(49)30-47(50(38)40)57-46(37)29-34)48-26-23-32-20-19-31-10-9-27-53-51(31)52(32)54-48/h1-30H. The molecular formula is C52H30N4S. The van der Waals surface area contributed by atoms with Gasteiger partial charge in [-0.3, -0.25) is 9.55 Å². The largest absolute Gasteiger partial charge is 0.309 e. The predicted octanol–water partition coefficient (Wildman–Crippen LogP) is 13.9. The molecule has 0 bridgehead atoms. The number of para-hydroxylation sites is 3. The first-order valence-corrected chi connectivity index (χ1v) is 20.1. The molecule has 0 fully saturated rings. The van der Waals surface area contributed by atoms with E-state index in [-0.39, 0.29) is 0 Å². The van der Waals surface area contributed by atoms with Crippen LogP contribution in [0.5, 0.6) is 0 Å². The van der Waals surface area contributed by atoms with E-state index in [1.807, 2.05) is 24.0 Å². The molecule has 12 aromatic rings. The summed E-state index contributed by atoms with van der Waals surface area (Å²) in [5.41, 5.74) is 12.7. The fraction of sp³-hybridized carbons (Fsp3) is 0. The third-order valence-electron chi connectivity index (χ3n) is 11.9. The minimum atomic E-state index is 0.891. The number of hydrogen-bond acceptors (Lipinski definition) is 3. The van der Waals surface area contributed by atoms with Crippen molar-refractivity contribution in [3.05, 3.63) is 182 Å². The molecule has 4 aromatic heterocycles. The first kappa shape index (κ1) is 31.0. The molecule has 0 saturated heterocycles. The molecule has 0 aliphatic carbocycles. The number of rotatable bonds is 3. The molecule has 8 aromatic carbocycles. The van der Waals surface area contributed by atoms with Gasteiger partial charge in [-0.15, -0.1) is 0 Å². The van der Waals surface area contributed by atoms with Crippen LogP contribution in [-0.2, 0) is 0 Å². The van der Waals surface area contributed by atoms with Crippen molar-refractivity contribution < 1.29 is 0 Å². The normalized spacial score (nSPS) is 12.5. The lowest BCUT2D eigenvalue weighted by atomic mass is 9.93.